The van der Waals surface area contributed by atoms with Gasteiger partial charge in [0.1, 0.15) is 5.75 Å². The molecule has 1 aliphatic heterocycles. The zero-order chi connectivity index (χ0) is 21.9. The molecule has 1 saturated heterocycles. The second kappa shape index (κ2) is 9.01. The average Bonchev–Trinajstić information content (AvgIpc) is 3.27. The molecule has 0 saturated carbocycles. The predicted molar refractivity (Wildman–Crippen MR) is 129 cm³/mol. The van der Waals surface area contributed by atoms with E-state index in [0.717, 1.165) is 47.9 Å². The molecule has 0 amide bonds. The van der Waals surface area contributed by atoms with Gasteiger partial charge >= 0.3 is 0 Å². The van der Waals surface area contributed by atoms with Crippen molar-refractivity contribution in [3.05, 3.63) is 95.7 Å². The zero-order valence-corrected chi connectivity index (χ0v) is 18.4. The molecule has 0 aliphatic carbocycles. The van der Waals surface area contributed by atoms with Gasteiger partial charge in [-0.15, -0.1) is 0 Å². The van der Waals surface area contributed by atoms with E-state index < -0.39 is 0 Å². The van der Waals surface area contributed by atoms with Gasteiger partial charge in [0, 0.05) is 12.0 Å². The Morgan fingerprint density at radius 1 is 0.969 bits per heavy atom. The van der Waals surface area contributed by atoms with Gasteiger partial charge in [0.2, 0.25) is 0 Å². The number of fused-ring (bicyclic) bond motifs is 1. The van der Waals surface area contributed by atoms with Crippen LogP contribution in [0.3, 0.4) is 0 Å². The maximum Gasteiger partial charge on any atom is 0.150 e. The van der Waals surface area contributed by atoms with E-state index in [-0.39, 0.29) is 12.0 Å². The highest BCUT2D eigenvalue weighted by molar-refractivity contribution is 6.00. The first kappa shape index (κ1) is 20.5. The topological polar surface area (TPSA) is 47.3 Å². The average molecular weight is 425 g/mol. The Hall–Kier alpha value is -3.37. The van der Waals surface area contributed by atoms with Crippen molar-refractivity contribution in [2.75, 3.05) is 6.61 Å². The molecule has 0 spiro atoms. The molecular weight excluding hydrogens is 396 g/mol. The van der Waals surface area contributed by atoms with Crippen LogP contribution < -0.4 is 0 Å². The molecule has 162 valence electrons. The third kappa shape index (κ3) is 3.94. The van der Waals surface area contributed by atoms with E-state index in [4.69, 9.17) is 4.74 Å². The van der Waals surface area contributed by atoms with Crippen LogP contribution >= 0.6 is 0 Å². The van der Waals surface area contributed by atoms with E-state index in [2.05, 4.69) is 54.5 Å². The predicted octanol–water partition coefficient (Wildman–Crippen LogP) is 6.81. The molecule has 1 fully saturated rings. The Bertz CT molecular complexity index is 1230. The number of phenolic OH excluding ortho intramolecular Hbond substituents is 1. The molecule has 3 aromatic carbocycles. The molecular formula is C28H28N2O2. The van der Waals surface area contributed by atoms with E-state index in [1.165, 1.54) is 23.1 Å². The van der Waals surface area contributed by atoms with E-state index in [1.54, 1.807) is 12.1 Å². The molecule has 1 unspecified atom stereocenters. The lowest BCUT2D eigenvalue weighted by Gasteiger charge is -2.23. The highest BCUT2D eigenvalue weighted by atomic mass is 16.5. The third-order valence-corrected chi connectivity index (χ3v) is 6.25. The minimum absolute atomic E-state index is 0.0229. The first-order chi connectivity index (χ1) is 15.7. The quantitative estimate of drug-likeness (QED) is 0.358. The molecule has 4 heteroatoms. The normalized spacial score (nSPS) is 17.3. The molecule has 1 aromatic heterocycles. The molecule has 32 heavy (non-hydrogen) atoms. The first-order valence-corrected chi connectivity index (χ1v) is 11.4. The van der Waals surface area contributed by atoms with Gasteiger partial charge in [-0.1, -0.05) is 55.5 Å². The Balaban J connectivity index is 1.66. The number of hydrogen-bond acceptors (Lipinski definition) is 3. The molecule has 1 N–H and O–H groups in total. The van der Waals surface area contributed by atoms with Gasteiger partial charge in [0.25, 0.3) is 0 Å². The minimum Gasteiger partial charge on any atom is -0.508 e. The van der Waals surface area contributed by atoms with Crippen LogP contribution in [-0.4, -0.2) is 21.5 Å². The van der Waals surface area contributed by atoms with Crippen LogP contribution in [0.15, 0.2) is 79.0 Å². The van der Waals surface area contributed by atoms with Crippen LogP contribution in [0.2, 0.25) is 0 Å². The van der Waals surface area contributed by atoms with Crippen LogP contribution in [0.5, 0.6) is 5.75 Å². The first-order valence-electron chi connectivity index (χ1n) is 11.4. The Labute approximate surface area is 188 Å². The molecule has 5 rings (SSSR count). The molecule has 1 atom stereocenters. The minimum atomic E-state index is 0.0229. The van der Waals surface area contributed by atoms with Gasteiger partial charge < -0.3 is 9.84 Å². The van der Waals surface area contributed by atoms with Gasteiger partial charge in [0.05, 0.1) is 11.7 Å². The van der Waals surface area contributed by atoms with Crippen molar-refractivity contribution in [2.45, 2.75) is 38.8 Å². The lowest BCUT2D eigenvalue weighted by molar-refractivity contribution is -0.0366. The van der Waals surface area contributed by atoms with Crippen LogP contribution in [0, 0.1) is 0 Å². The summed E-state index contributed by atoms with van der Waals surface area (Å²) in [7, 11) is 0. The fraction of sp³-hybridized carbons (Fsp3) is 0.250. The number of aromatic hydroxyl groups is 1. The summed E-state index contributed by atoms with van der Waals surface area (Å²) in [6.07, 6.45) is 6.17. The Kier molecular flexibility index (Phi) is 5.78. The second-order valence-corrected chi connectivity index (χ2v) is 8.30. The van der Waals surface area contributed by atoms with Gasteiger partial charge in [-0.25, -0.2) is 4.68 Å². The Morgan fingerprint density at radius 3 is 2.47 bits per heavy atom. The van der Waals surface area contributed by atoms with Gasteiger partial charge in [-0.3, -0.25) is 0 Å². The molecule has 2 heterocycles. The number of nitrogens with zero attached hydrogens (tertiary/aromatic N) is 2. The van der Waals surface area contributed by atoms with Crippen molar-refractivity contribution in [1.29, 1.82) is 0 Å². The standard InChI is InChI=1S/C28H28N2O2/c1-2-25(20-8-4-3-5-9-20)28(21-11-14-24(31)15-12-21)22-13-16-26-23(18-22)19-29-30(26)27-10-6-7-17-32-27/h3-5,8-9,11-16,18-19,27,31H,2,6-7,10,17H2,1H3/b28-25+. The summed E-state index contributed by atoms with van der Waals surface area (Å²) in [4.78, 5) is 0. The summed E-state index contributed by atoms with van der Waals surface area (Å²) in [6.45, 7) is 2.99. The highest BCUT2D eigenvalue weighted by Gasteiger charge is 2.19. The summed E-state index contributed by atoms with van der Waals surface area (Å²) in [5, 5.41) is 15.6. The fourth-order valence-corrected chi connectivity index (χ4v) is 4.66. The molecule has 0 bridgehead atoms. The largest absolute Gasteiger partial charge is 0.508 e. The van der Waals surface area contributed by atoms with Crippen molar-refractivity contribution in [2.24, 2.45) is 0 Å². The second-order valence-electron chi connectivity index (χ2n) is 8.30. The lowest BCUT2D eigenvalue weighted by Crippen LogP contribution is -2.18. The van der Waals surface area contributed by atoms with Gasteiger partial charge in [-0.2, -0.15) is 5.10 Å². The number of benzene rings is 3. The zero-order valence-electron chi connectivity index (χ0n) is 18.4. The monoisotopic (exact) mass is 424 g/mol. The van der Waals surface area contributed by atoms with Crippen LogP contribution in [0.4, 0.5) is 0 Å². The summed E-state index contributed by atoms with van der Waals surface area (Å²) in [6, 6.07) is 24.6. The van der Waals surface area contributed by atoms with Crippen LogP contribution in [0.1, 0.15) is 55.5 Å². The molecule has 0 radical (unpaired) electrons. The summed E-state index contributed by atoms with van der Waals surface area (Å²) >= 11 is 0. The van der Waals surface area contributed by atoms with Gasteiger partial charge in [-0.05, 0) is 77.8 Å². The van der Waals surface area contributed by atoms with E-state index in [9.17, 15) is 5.11 Å². The molecule has 4 aromatic rings. The number of hydrogen-bond donors (Lipinski definition) is 1. The van der Waals surface area contributed by atoms with Gasteiger partial charge in [0.15, 0.2) is 6.23 Å². The van der Waals surface area contributed by atoms with Crippen molar-refractivity contribution >= 4 is 22.0 Å². The lowest BCUT2D eigenvalue weighted by atomic mass is 9.88. The smallest absolute Gasteiger partial charge is 0.150 e. The van der Waals surface area contributed by atoms with E-state index in [0.29, 0.717) is 0 Å². The van der Waals surface area contributed by atoms with Crippen molar-refractivity contribution in [1.82, 2.24) is 9.78 Å². The Morgan fingerprint density at radius 2 is 1.75 bits per heavy atom. The number of phenols is 1. The maximum atomic E-state index is 9.85. The summed E-state index contributed by atoms with van der Waals surface area (Å²) in [5.74, 6) is 0.273. The maximum absolute atomic E-state index is 9.85. The highest BCUT2D eigenvalue weighted by Crippen LogP contribution is 2.36. The number of allylic oxidation sites excluding steroid dienone is 1. The van der Waals surface area contributed by atoms with Crippen molar-refractivity contribution in [3.63, 3.8) is 0 Å². The number of ether oxygens (including phenoxy) is 1. The van der Waals surface area contributed by atoms with Crippen molar-refractivity contribution < 1.29 is 9.84 Å². The van der Waals surface area contributed by atoms with Crippen LogP contribution in [-0.2, 0) is 4.74 Å². The summed E-state index contributed by atoms with van der Waals surface area (Å²) < 4.78 is 8.00. The number of rotatable bonds is 5. The third-order valence-electron chi connectivity index (χ3n) is 6.25. The number of aromatic nitrogens is 2. The van der Waals surface area contributed by atoms with Crippen molar-refractivity contribution in [3.8, 4) is 5.75 Å². The molecule has 1 aliphatic rings. The van der Waals surface area contributed by atoms with E-state index in [1.807, 2.05) is 29.1 Å². The fourth-order valence-electron chi connectivity index (χ4n) is 4.66. The van der Waals surface area contributed by atoms with E-state index >= 15 is 0 Å². The SMILES string of the molecule is CC/C(=C(/c1ccc(O)cc1)c1ccc2c(cnn2C2CCCCO2)c1)c1ccccc1. The summed E-state index contributed by atoms with van der Waals surface area (Å²) in [5.41, 5.74) is 7.01. The molecule has 4 nitrogen and oxygen atoms in total. The van der Waals surface area contributed by atoms with Crippen LogP contribution in [0.25, 0.3) is 22.0 Å².